The highest BCUT2D eigenvalue weighted by Crippen LogP contribution is 2.35. The van der Waals surface area contributed by atoms with Gasteiger partial charge in [-0.1, -0.05) is 84.6 Å². The number of aromatic nitrogens is 4. The van der Waals surface area contributed by atoms with Gasteiger partial charge in [-0.2, -0.15) is 0 Å². The van der Waals surface area contributed by atoms with E-state index in [4.69, 9.17) is 15.5 Å². The smallest absolute Gasteiger partial charge is 0.407 e. The highest BCUT2D eigenvalue weighted by molar-refractivity contribution is 5.87. The Bertz CT molecular complexity index is 2420. The molecule has 0 bridgehead atoms. The van der Waals surface area contributed by atoms with Gasteiger partial charge in [-0.05, 0) is 72.7 Å². The largest absolute Gasteiger partial charge is 0.453 e. The molecule has 12 heteroatoms. The monoisotopic (exact) mass is 746 g/mol. The zero-order valence-electron chi connectivity index (χ0n) is 30.9. The van der Waals surface area contributed by atoms with Crippen LogP contribution in [-0.4, -0.2) is 67.8 Å². The standard InChI is InChI=1S/C44H42N8O4/c1-56-44(55)50-39(32-12-6-3-7-13-32)43(54)52-25-8-14-36(52)40-46-27-35(49-40)30-21-18-28(19-22-30)16-17-29-20-23-33-34(26-29)48-41(47-33)37-15-9-24-51(37)42(53)38(45)31-10-4-2-5-11-31/h2-7,10-13,18-23,26-27,36-39H,8-9,14-15,24-25,45H2,1H3,(H,46,49)(H,47,48)(H,50,55)/t36-,37+,38-,39+/m1/s1. The van der Waals surface area contributed by atoms with Gasteiger partial charge in [0.15, 0.2) is 0 Å². The van der Waals surface area contributed by atoms with E-state index in [1.165, 1.54) is 7.11 Å². The second-order valence-corrected chi connectivity index (χ2v) is 14.1. The summed E-state index contributed by atoms with van der Waals surface area (Å²) in [5.74, 6) is 7.68. The van der Waals surface area contributed by atoms with Crippen LogP contribution in [0.1, 0.15) is 83.8 Å². The number of H-pyrrole nitrogens is 2. The second-order valence-electron chi connectivity index (χ2n) is 14.1. The summed E-state index contributed by atoms with van der Waals surface area (Å²) in [5.41, 5.74) is 13.0. The van der Waals surface area contributed by atoms with Crippen molar-refractivity contribution in [3.8, 4) is 23.1 Å². The van der Waals surface area contributed by atoms with E-state index < -0.39 is 18.2 Å². The van der Waals surface area contributed by atoms with Crippen LogP contribution in [0.2, 0.25) is 0 Å². The lowest BCUT2D eigenvalue weighted by atomic mass is 10.1. The molecule has 282 valence electrons. The molecule has 5 N–H and O–H groups in total. The summed E-state index contributed by atoms with van der Waals surface area (Å²) in [7, 11) is 1.28. The van der Waals surface area contributed by atoms with Crippen LogP contribution in [0.4, 0.5) is 4.79 Å². The molecule has 4 aromatic carbocycles. The van der Waals surface area contributed by atoms with Gasteiger partial charge in [-0.25, -0.2) is 14.8 Å². The predicted octanol–water partition coefficient (Wildman–Crippen LogP) is 6.48. The molecule has 2 aliphatic heterocycles. The number of alkyl carbamates (subject to hydrolysis) is 1. The van der Waals surface area contributed by atoms with Crippen molar-refractivity contribution >= 4 is 28.9 Å². The lowest BCUT2D eigenvalue weighted by molar-refractivity contribution is -0.135. The summed E-state index contributed by atoms with van der Waals surface area (Å²) in [4.78, 5) is 59.5. The number of hydrogen-bond acceptors (Lipinski definition) is 7. The molecule has 4 heterocycles. The number of ether oxygens (including phenoxy) is 1. The molecule has 0 unspecified atom stereocenters. The maximum Gasteiger partial charge on any atom is 0.407 e. The quantitative estimate of drug-likeness (QED) is 0.130. The number of amides is 3. The molecule has 0 aliphatic carbocycles. The number of likely N-dealkylation sites (tertiary alicyclic amines) is 2. The van der Waals surface area contributed by atoms with E-state index in [1.807, 2.05) is 108 Å². The fourth-order valence-corrected chi connectivity index (χ4v) is 7.68. The van der Waals surface area contributed by atoms with Crippen molar-refractivity contribution in [1.29, 1.82) is 0 Å². The number of carbonyl (C=O) groups is 3. The van der Waals surface area contributed by atoms with Crippen molar-refractivity contribution in [1.82, 2.24) is 35.1 Å². The van der Waals surface area contributed by atoms with Crippen molar-refractivity contribution in [3.63, 3.8) is 0 Å². The van der Waals surface area contributed by atoms with Crippen LogP contribution in [0, 0.1) is 11.8 Å². The summed E-state index contributed by atoms with van der Waals surface area (Å²) >= 11 is 0. The summed E-state index contributed by atoms with van der Waals surface area (Å²) in [6.45, 7) is 1.20. The van der Waals surface area contributed by atoms with E-state index in [9.17, 15) is 14.4 Å². The van der Waals surface area contributed by atoms with Crippen LogP contribution in [0.25, 0.3) is 22.3 Å². The summed E-state index contributed by atoms with van der Waals surface area (Å²) < 4.78 is 4.82. The summed E-state index contributed by atoms with van der Waals surface area (Å²) in [6, 6.07) is 30.4. The van der Waals surface area contributed by atoms with Crippen molar-refractivity contribution < 1.29 is 19.1 Å². The summed E-state index contributed by atoms with van der Waals surface area (Å²) in [6.07, 6.45) is 4.39. The predicted molar refractivity (Wildman–Crippen MR) is 212 cm³/mol. The second kappa shape index (κ2) is 15.9. The van der Waals surface area contributed by atoms with Gasteiger partial charge in [0.1, 0.15) is 23.7 Å². The fourth-order valence-electron chi connectivity index (χ4n) is 7.68. The topological polar surface area (TPSA) is 162 Å². The van der Waals surface area contributed by atoms with Crippen molar-refractivity contribution in [2.45, 2.75) is 49.9 Å². The molecular formula is C44H42N8O4. The molecule has 4 atom stereocenters. The molecule has 2 aliphatic rings. The lowest BCUT2D eigenvalue weighted by Crippen LogP contribution is -2.42. The number of imidazole rings is 2. The average molecular weight is 747 g/mol. The van der Waals surface area contributed by atoms with Gasteiger partial charge in [0.05, 0.1) is 42.1 Å². The first-order valence-corrected chi connectivity index (χ1v) is 18.8. The molecule has 12 nitrogen and oxygen atoms in total. The SMILES string of the molecule is COC(=O)N[C@H](C(=O)N1CCC[C@@H]1c1ncc(-c2ccc(C#Cc3ccc4nc([C@@H]5CCCN5C(=O)[C@H](N)c5ccccc5)[nH]c4c3)cc2)[nH]1)c1ccccc1. The molecule has 0 saturated carbocycles. The Morgan fingerprint density at radius 1 is 0.786 bits per heavy atom. The number of nitrogens with zero attached hydrogens (tertiary/aromatic N) is 4. The zero-order valence-corrected chi connectivity index (χ0v) is 30.9. The third-order valence-corrected chi connectivity index (χ3v) is 10.6. The molecule has 6 aromatic rings. The van der Waals surface area contributed by atoms with Crippen molar-refractivity contribution in [2.24, 2.45) is 5.73 Å². The van der Waals surface area contributed by atoms with Crippen LogP contribution in [0.3, 0.4) is 0 Å². The zero-order chi connectivity index (χ0) is 38.6. The first kappa shape index (κ1) is 36.3. The van der Waals surface area contributed by atoms with Gasteiger partial charge in [-0.15, -0.1) is 0 Å². The van der Waals surface area contributed by atoms with Gasteiger partial charge in [-0.3, -0.25) is 9.59 Å². The van der Waals surface area contributed by atoms with Crippen molar-refractivity contribution in [3.05, 3.63) is 143 Å². The Hall–Kier alpha value is -6.71. The molecule has 2 aromatic heterocycles. The Morgan fingerprint density at radius 3 is 2.11 bits per heavy atom. The number of fused-ring (bicyclic) bond motifs is 1. The van der Waals surface area contributed by atoms with Crippen molar-refractivity contribution in [2.75, 3.05) is 20.2 Å². The van der Waals surface area contributed by atoms with Crippen LogP contribution >= 0.6 is 0 Å². The van der Waals surface area contributed by atoms with E-state index in [2.05, 4.69) is 32.1 Å². The van der Waals surface area contributed by atoms with Gasteiger partial charge in [0, 0.05) is 24.2 Å². The minimum Gasteiger partial charge on any atom is -0.453 e. The minimum absolute atomic E-state index is 0.0966. The van der Waals surface area contributed by atoms with Crippen LogP contribution in [0.5, 0.6) is 0 Å². The van der Waals surface area contributed by atoms with E-state index in [1.54, 1.807) is 11.1 Å². The molecular weight excluding hydrogens is 705 g/mol. The lowest BCUT2D eigenvalue weighted by Gasteiger charge is -2.28. The molecule has 0 spiro atoms. The molecule has 2 fully saturated rings. The van der Waals surface area contributed by atoms with Gasteiger partial charge >= 0.3 is 6.09 Å². The number of carbonyl (C=O) groups excluding carboxylic acids is 3. The Balaban J connectivity index is 0.936. The number of rotatable bonds is 8. The van der Waals surface area contributed by atoms with Gasteiger partial charge in [0.2, 0.25) is 5.91 Å². The number of nitrogens with one attached hydrogen (secondary N) is 3. The number of methoxy groups -OCH3 is 1. The minimum atomic E-state index is -0.878. The van der Waals surface area contributed by atoms with Crippen LogP contribution in [0.15, 0.2) is 109 Å². The average Bonchev–Trinajstić information content (AvgIpc) is 4.08. The van der Waals surface area contributed by atoms with Gasteiger partial charge < -0.3 is 35.6 Å². The highest BCUT2D eigenvalue weighted by atomic mass is 16.5. The third-order valence-electron chi connectivity index (χ3n) is 10.6. The maximum absolute atomic E-state index is 13.9. The third kappa shape index (κ3) is 7.49. The molecule has 3 amide bonds. The Labute approximate surface area is 324 Å². The molecule has 0 radical (unpaired) electrons. The molecule has 2 saturated heterocycles. The van der Waals surface area contributed by atoms with E-state index in [0.29, 0.717) is 24.5 Å². The fraction of sp³-hybridized carbons (Fsp3) is 0.250. The van der Waals surface area contributed by atoms with Crippen LogP contribution < -0.4 is 11.1 Å². The number of nitrogens with two attached hydrogens (primary N) is 1. The van der Waals surface area contributed by atoms with Gasteiger partial charge in [0.25, 0.3) is 5.91 Å². The normalized spacial score (nSPS) is 17.6. The first-order valence-electron chi connectivity index (χ1n) is 18.8. The van der Waals surface area contributed by atoms with E-state index in [0.717, 1.165) is 70.5 Å². The number of aromatic amines is 2. The van der Waals surface area contributed by atoms with E-state index >= 15 is 0 Å². The van der Waals surface area contributed by atoms with Crippen LogP contribution in [-0.2, 0) is 14.3 Å². The number of hydrogen-bond donors (Lipinski definition) is 4. The number of benzene rings is 4. The van der Waals surface area contributed by atoms with E-state index in [-0.39, 0.29) is 23.9 Å². The maximum atomic E-state index is 13.9. The first-order chi connectivity index (χ1) is 27.4. The Kier molecular flexibility index (Phi) is 10.3. The Morgan fingerprint density at radius 2 is 1.41 bits per heavy atom. The molecule has 56 heavy (non-hydrogen) atoms. The molecule has 8 rings (SSSR count). The summed E-state index contributed by atoms with van der Waals surface area (Å²) in [5, 5.41) is 2.71. The highest BCUT2D eigenvalue weighted by Gasteiger charge is 2.37.